The minimum absolute atomic E-state index is 0.102. The van der Waals surface area contributed by atoms with Gasteiger partial charge in [-0.05, 0) is 44.2 Å². The van der Waals surface area contributed by atoms with Crippen molar-refractivity contribution in [3.05, 3.63) is 47.9 Å². The van der Waals surface area contributed by atoms with Gasteiger partial charge >= 0.3 is 0 Å². The second kappa shape index (κ2) is 5.61. The summed E-state index contributed by atoms with van der Waals surface area (Å²) in [5.74, 6) is -0.440. The standard InChI is InChI=1S/C15H15FN2O/c1-10(2)17-15(19)8-6-13-5-3-11-9-12(16)4-7-14(11)18-13/h3-10H,1-2H3,(H,17,19)/b8-6+. The molecule has 0 aliphatic rings. The fourth-order valence-electron chi connectivity index (χ4n) is 1.70. The lowest BCUT2D eigenvalue weighted by Crippen LogP contribution is -2.28. The van der Waals surface area contributed by atoms with Gasteiger partial charge in [-0.1, -0.05) is 6.07 Å². The first-order valence-corrected chi connectivity index (χ1v) is 6.09. The van der Waals surface area contributed by atoms with Crippen LogP contribution in [0.15, 0.2) is 36.4 Å². The molecule has 0 bridgehead atoms. The minimum Gasteiger partial charge on any atom is -0.350 e. The number of amides is 1. The van der Waals surface area contributed by atoms with E-state index in [9.17, 15) is 9.18 Å². The number of hydrogen-bond donors (Lipinski definition) is 1. The van der Waals surface area contributed by atoms with Gasteiger partial charge < -0.3 is 5.32 Å². The van der Waals surface area contributed by atoms with Crippen molar-refractivity contribution in [2.45, 2.75) is 19.9 Å². The van der Waals surface area contributed by atoms with Crippen LogP contribution in [0.1, 0.15) is 19.5 Å². The third kappa shape index (κ3) is 3.61. The number of aromatic nitrogens is 1. The molecule has 1 N–H and O–H groups in total. The van der Waals surface area contributed by atoms with E-state index in [0.29, 0.717) is 11.2 Å². The van der Waals surface area contributed by atoms with Crippen LogP contribution in [0, 0.1) is 5.82 Å². The summed E-state index contributed by atoms with van der Waals surface area (Å²) in [6.45, 7) is 3.79. The highest BCUT2D eigenvalue weighted by molar-refractivity contribution is 5.92. The summed E-state index contributed by atoms with van der Waals surface area (Å²) in [4.78, 5) is 15.8. The normalized spacial score (nSPS) is 11.4. The summed E-state index contributed by atoms with van der Waals surface area (Å²) in [5, 5.41) is 3.49. The van der Waals surface area contributed by atoms with Gasteiger partial charge in [-0.2, -0.15) is 0 Å². The van der Waals surface area contributed by atoms with E-state index in [1.807, 2.05) is 13.8 Å². The highest BCUT2D eigenvalue weighted by Crippen LogP contribution is 2.14. The Morgan fingerprint density at radius 3 is 2.84 bits per heavy atom. The predicted octanol–water partition coefficient (Wildman–Crippen LogP) is 2.91. The van der Waals surface area contributed by atoms with E-state index in [2.05, 4.69) is 10.3 Å². The van der Waals surface area contributed by atoms with Gasteiger partial charge in [0.2, 0.25) is 5.91 Å². The Kier molecular flexibility index (Phi) is 3.90. The molecule has 0 atom stereocenters. The van der Waals surface area contributed by atoms with Gasteiger partial charge in [-0.25, -0.2) is 9.37 Å². The molecule has 0 fully saturated rings. The van der Waals surface area contributed by atoms with Crippen LogP contribution in [-0.2, 0) is 4.79 Å². The van der Waals surface area contributed by atoms with E-state index in [1.165, 1.54) is 18.2 Å². The average Bonchev–Trinajstić information content (AvgIpc) is 2.35. The molecule has 98 valence electrons. The number of carbonyl (C=O) groups excluding carboxylic acids is 1. The Morgan fingerprint density at radius 2 is 2.11 bits per heavy atom. The first-order valence-electron chi connectivity index (χ1n) is 6.09. The molecule has 0 aliphatic heterocycles. The molecular weight excluding hydrogens is 243 g/mol. The highest BCUT2D eigenvalue weighted by Gasteiger charge is 2.00. The first-order chi connectivity index (χ1) is 9.04. The van der Waals surface area contributed by atoms with E-state index in [1.54, 1.807) is 24.3 Å². The minimum atomic E-state index is -0.283. The van der Waals surface area contributed by atoms with Crippen molar-refractivity contribution in [1.29, 1.82) is 0 Å². The second-order valence-electron chi connectivity index (χ2n) is 4.57. The molecule has 1 amide bonds. The quantitative estimate of drug-likeness (QED) is 0.860. The third-order valence-corrected chi connectivity index (χ3v) is 2.51. The summed E-state index contributed by atoms with van der Waals surface area (Å²) < 4.78 is 13.0. The smallest absolute Gasteiger partial charge is 0.244 e. The molecule has 0 unspecified atom stereocenters. The van der Waals surface area contributed by atoms with Crippen molar-refractivity contribution in [3.8, 4) is 0 Å². The molecule has 1 aromatic carbocycles. The van der Waals surface area contributed by atoms with Gasteiger partial charge in [0, 0.05) is 17.5 Å². The number of halogens is 1. The summed E-state index contributed by atoms with van der Waals surface area (Å²) in [6.07, 6.45) is 3.08. The summed E-state index contributed by atoms with van der Waals surface area (Å²) in [5.41, 5.74) is 1.37. The van der Waals surface area contributed by atoms with Gasteiger partial charge in [0.15, 0.2) is 0 Å². The lowest BCUT2D eigenvalue weighted by atomic mass is 10.2. The molecule has 19 heavy (non-hydrogen) atoms. The average molecular weight is 258 g/mol. The SMILES string of the molecule is CC(C)NC(=O)/C=C/c1ccc2cc(F)ccc2n1. The monoisotopic (exact) mass is 258 g/mol. The number of rotatable bonds is 3. The van der Waals surface area contributed by atoms with E-state index in [-0.39, 0.29) is 17.8 Å². The van der Waals surface area contributed by atoms with Gasteiger partial charge in [0.25, 0.3) is 0 Å². The summed E-state index contributed by atoms with van der Waals surface area (Å²) >= 11 is 0. The summed E-state index contributed by atoms with van der Waals surface area (Å²) in [7, 11) is 0. The van der Waals surface area contributed by atoms with Crippen LogP contribution in [-0.4, -0.2) is 16.9 Å². The molecule has 4 heteroatoms. The first kappa shape index (κ1) is 13.2. The maximum atomic E-state index is 13.0. The van der Waals surface area contributed by atoms with Crippen LogP contribution >= 0.6 is 0 Å². The second-order valence-corrected chi connectivity index (χ2v) is 4.57. The Morgan fingerprint density at radius 1 is 1.32 bits per heavy atom. The van der Waals surface area contributed by atoms with Crippen LogP contribution in [0.25, 0.3) is 17.0 Å². The fraction of sp³-hybridized carbons (Fsp3) is 0.200. The highest BCUT2D eigenvalue weighted by atomic mass is 19.1. The van der Waals surface area contributed by atoms with Crippen LogP contribution in [0.3, 0.4) is 0 Å². The number of nitrogens with zero attached hydrogens (tertiary/aromatic N) is 1. The van der Waals surface area contributed by atoms with Crippen LogP contribution in [0.5, 0.6) is 0 Å². The molecule has 0 aliphatic carbocycles. The van der Waals surface area contributed by atoms with Crippen molar-refractivity contribution in [2.75, 3.05) is 0 Å². The lowest BCUT2D eigenvalue weighted by Gasteiger charge is -2.04. The largest absolute Gasteiger partial charge is 0.350 e. The van der Waals surface area contributed by atoms with Gasteiger partial charge in [-0.15, -0.1) is 0 Å². The Labute approximate surface area is 111 Å². The molecule has 1 heterocycles. The Balaban J connectivity index is 2.20. The third-order valence-electron chi connectivity index (χ3n) is 2.51. The zero-order valence-corrected chi connectivity index (χ0v) is 10.9. The zero-order chi connectivity index (χ0) is 13.8. The maximum Gasteiger partial charge on any atom is 0.244 e. The number of benzene rings is 1. The Bertz CT molecular complexity index is 635. The molecule has 3 nitrogen and oxygen atoms in total. The van der Waals surface area contributed by atoms with Crippen molar-refractivity contribution < 1.29 is 9.18 Å². The number of carbonyl (C=O) groups is 1. The maximum absolute atomic E-state index is 13.0. The molecule has 0 spiro atoms. The zero-order valence-electron chi connectivity index (χ0n) is 10.9. The topological polar surface area (TPSA) is 42.0 Å². The van der Waals surface area contributed by atoms with Crippen molar-refractivity contribution >= 4 is 22.9 Å². The molecular formula is C15H15FN2O. The van der Waals surface area contributed by atoms with Gasteiger partial charge in [0.05, 0.1) is 11.2 Å². The lowest BCUT2D eigenvalue weighted by molar-refractivity contribution is -0.116. The van der Waals surface area contributed by atoms with Gasteiger partial charge in [-0.3, -0.25) is 4.79 Å². The number of hydrogen-bond acceptors (Lipinski definition) is 2. The number of nitrogens with one attached hydrogen (secondary N) is 1. The molecule has 0 radical (unpaired) electrons. The van der Waals surface area contributed by atoms with Crippen LogP contribution in [0.4, 0.5) is 4.39 Å². The molecule has 0 saturated heterocycles. The van der Waals surface area contributed by atoms with E-state index < -0.39 is 0 Å². The number of pyridine rings is 1. The van der Waals surface area contributed by atoms with Crippen molar-refractivity contribution in [3.63, 3.8) is 0 Å². The van der Waals surface area contributed by atoms with Crippen molar-refractivity contribution in [2.24, 2.45) is 0 Å². The molecule has 2 aromatic rings. The van der Waals surface area contributed by atoms with E-state index in [4.69, 9.17) is 0 Å². The van der Waals surface area contributed by atoms with Gasteiger partial charge in [0.1, 0.15) is 5.82 Å². The molecule has 0 saturated carbocycles. The van der Waals surface area contributed by atoms with E-state index >= 15 is 0 Å². The molecule has 1 aromatic heterocycles. The van der Waals surface area contributed by atoms with Crippen LogP contribution in [0.2, 0.25) is 0 Å². The fourth-order valence-corrected chi connectivity index (χ4v) is 1.70. The van der Waals surface area contributed by atoms with Crippen molar-refractivity contribution in [1.82, 2.24) is 10.3 Å². The molecule has 2 rings (SSSR count). The Hall–Kier alpha value is -2.23. The van der Waals surface area contributed by atoms with Crippen LogP contribution < -0.4 is 5.32 Å². The number of fused-ring (bicyclic) bond motifs is 1. The van der Waals surface area contributed by atoms with E-state index in [0.717, 1.165) is 5.39 Å². The summed E-state index contributed by atoms with van der Waals surface area (Å²) in [6, 6.07) is 8.06. The predicted molar refractivity (Wildman–Crippen MR) is 74.0 cm³/mol.